The summed E-state index contributed by atoms with van der Waals surface area (Å²) in [5.41, 5.74) is 5.16. The highest BCUT2D eigenvalue weighted by Crippen LogP contribution is 2.27. The van der Waals surface area contributed by atoms with Crippen molar-refractivity contribution in [3.05, 3.63) is 82.9 Å². The molecular weight excluding hydrogens is 396 g/mol. The van der Waals surface area contributed by atoms with Crippen molar-refractivity contribution in [1.82, 2.24) is 14.9 Å². The van der Waals surface area contributed by atoms with Crippen molar-refractivity contribution in [2.45, 2.75) is 20.8 Å². The lowest BCUT2D eigenvalue weighted by molar-refractivity contribution is -0.122. The molecule has 7 heteroatoms. The van der Waals surface area contributed by atoms with Gasteiger partial charge in [-0.3, -0.25) is 24.8 Å². The zero-order valence-corrected chi connectivity index (χ0v) is 17.7. The number of carbonyl (C=O) groups is 2. The van der Waals surface area contributed by atoms with Gasteiger partial charge in [-0.1, -0.05) is 18.2 Å². The summed E-state index contributed by atoms with van der Waals surface area (Å²) >= 11 is 5.29. The van der Waals surface area contributed by atoms with Gasteiger partial charge in [0.15, 0.2) is 5.11 Å². The average Bonchev–Trinajstić information content (AvgIpc) is 3.00. The van der Waals surface area contributed by atoms with Gasteiger partial charge in [-0.2, -0.15) is 0 Å². The van der Waals surface area contributed by atoms with E-state index in [4.69, 9.17) is 12.2 Å². The van der Waals surface area contributed by atoms with Gasteiger partial charge in [0, 0.05) is 17.6 Å². The molecule has 0 saturated carbocycles. The highest BCUT2D eigenvalue weighted by atomic mass is 32.1. The number of anilines is 1. The summed E-state index contributed by atoms with van der Waals surface area (Å²) in [6.07, 6.45) is 5.11. The van der Waals surface area contributed by atoms with Crippen molar-refractivity contribution in [3.63, 3.8) is 0 Å². The van der Waals surface area contributed by atoms with Crippen LogP contribution in [-0.2, 0) is 9.59 Å². The van der Waals surface area contributed by atoms with Crippen LogP contribution in [0.5, 0.6) is 0 Å². The van der Waals surface area contributed by atoms with Crippen LogP contribution < -0.4 is 10.2 Å². The zero-order valence-electron chi connectivity index (χ0n) is 16.8. The van der Waals surface area contributed by atoms with E-state index in [9.17, 15) is 9.59 Å². The van der Waals surface area contributed by atoms with Crippen LogP contribution in [0.1, 0.15) is 22.5 Å². The van der Waals surface area contributed by atoms with Crippen LogP contribution in [0.4, 0.5) is 5.69 Å². The SMILES string of the molecule is Cc1ccccc1N1C(=O)C(=Cc2cc(C)n(-c3cccnc3)c2C)C(=O)NC1=S. The Morgan fingerprint density at radius 2 is 1.83 bits per heavy atom. The van der Waals surface area contributed by atoms with Crippen LogP contribution in [0.15, 0.2) is 60.4 Å². The summed E-state index contributed by atoms with van der Waals surface area (Å²) in [6.45, 7) is 5.81. The summed E-state index contributed by atoms with van der Waals surface area (Å²) < 4.78 is 2.04. The van der Waals surface area contributed by atoms with Crippen LogP contribution in [0.3, 0.4) is 0 Å². The van der Waals surface area contributed by atoms with E-state index < -0.39 is 11.8 Å². The molecule has 0 bridgehead atoms. The predicted molar refractivity (Wildman–Crippen MR) is 120 cm³/mol. The number of benzene rings is 1. The molecular formula is C23H20N4O2S. The number of carbonyl (C=O) groups excluding carboxylic acids is 2. The molecule has 4 rings (SSSR count). The minimum Gasteiger partial charge on any atom is -0.316 e. The standard InChI is InChI=1S/C23H20N4O2S/c1-14-7-4-5-9-20(14)27-22(29)19(21(28)25-23(27)30)12-17-11-15(2)26(16(17)3)18-8-6-10-24-13-18/h4-13H,1-3H3,(H,25,28,30). The molecule has 1 N–H and O–H groups in total. The smallest absolute Gasteiger partial charge is 0.270 e. The number of para-hydroxylation sites is 1. The number of nitrogens with one attached hydrogen (secondary N) is 1. The first-order valence-electron chi connectivity index (χ1n) is 9.45. The fraction of sp³-hybridized carbons (Fsp3) is 0.130. The van der Waals surface area contributed by atoms with Crippen molar-refractivity contribution < 1.29 is 9.59 Å². The normalized spacial score (nSPS) is 15.6. The van der Waals surface area contributed by atoms with E-state index >= 15 is 0 Å². The van der Waals surface area contributed by atoms with Gasteiger partial charge in [0.05, 0.1) is 17.6 Å². The predicted octanol–water partition coefficient (Wildman–Crippen LogP) is 3.63. The van der Waals surface area contributed by atoms with E-state index in [2.05, 4.69) is 10.3 Å². The molecule has 150 valence electrons. The number of pyridine rings is 1. The van der Waals surface area contributed by atoms with Crippen LogP contribution in [0.2, 0.25) is 0 Å². The quantitative estimate of drug-likeness (QED) is 0.402. The number of aryl methyl sites for hydroxylation is 2. The van der Waals surface area contributed by atoms with Crippen molar-refractivity contribution in [3.8, 4) is 5.69 Å². The molecule has 0 unspecified atom stereocenters. The number of hydrogen-bond acceptors (Lipinski definition) is 4. The summed E-state index contributed by atoms with van der Waals surface area (Å²) in [5.74, 6) is -0.940. The molecule has 30 heavy (non-hydrogen) atoms. The van der Waals surface area contributed by atoms with E-state index in [1.807, 2.05) is 67.8 Å². The summed E-state index contributed by atoms with van der Waals surface area (Å²) in [4.78, 5) is 31.4. The number of thiocarbonyl (C=S) groups is 1. The fourth-order valence-electron chi connectivity index (χ4n) is 3.66. The summed E-state index contributed by atoms with van der Waals surface area (Å²) in [5, 5.41) is 2.72. The molecule has 1 aliphatic heterocycles. The van der Waals surface area contributed by atoms with Gasteiger partial charge in [-0.15, -0.1) is 0 Å². The molecule has 0 radical (unpaired) electrons. The average molecular weight is 417 g/mol. The molecule has 1 fully saturated rings. The summed E-state index contributed by atoms with van der Waals surface area (Å²) in [6, 6.07) is 13.2. The molecule has 1 aliphatic rings. The molecule has 1 saturated heterocycles. The second-order valence-corrected chi connectivity index (χ2v) is 7.50. The van der Waals surface area contributed by atoms with Crippen molar-refractivity contribution in [2.24, 2.45) is 0 Å². The third kappa shape index (κ3) is 3.33. The molecule has 0 aliphatic carbocycles. The Morgan fingerprint density at radius 3 is 2.53 bits per heavy atom. The van der Waals surface area contributed by atoms with Crippen molar-refractivity contribution >= 4 is 40.9 Å². The lowest BCUT2D eigenvalue weighted by Gasteiger charge is -2.30. The second kappa shape index (κ2) is 7.68. The van der Waals surface area contributed by atoms with Crippen LogP contribution in [0, 0.1) is 20.8 Å². The topological polar surface area (TPSA) is 67.2 Å². The lowest BCUT2D eigenvalue weighted by atomic mass is 10.1. The maximum Gasteiger partial charge on any atom is 0.270 e. The van der Waals surface area contributed by atoms with Gasteiger partial charge in [0.1, 0.15) is 5.57 Å². The Balaban J connectivity index is 1.78. The minimum atomic E-state index is -0.499. The number of hydrogen-bond donors (Lipinski definition) is 1. The number of amides is 2. The first kappa shape index (κ1) is 19.7. The van der Waals surface area contributed by atoms with Gasteiger partial charge in [0.2, 0.25) is 0 Å². The Bertz CT molecular complexity index is 1210. The van der Waals surface area contributed by atoms with E-state index in [1.165, 1.54) is 4.90 Å². The van der Waals surface area contributed by atoms with Gasteiger partial charge in [-0.05, 0) is 74.5 Å². The Labute approximate surface area is 179 Å². The molecule has 2 amide bonds. The second-order valence-electron chi connectivity index (χ2n) is 7.12. The molecule has 3 heterocycles. The molecule has 1 aromatic carbocycles. The first-order chi connectivity index (χ1) is 14.4. The van der Waals surface area contributed by atoms with E-state index in [1.54, 1.807) is 18.5 Å². The zero-order chi connectivity index (χ0) is 21.4. The van der Waals surface area contributed by atoms with Gasteiger partial charge in [0.25, 0.3) is 11.8 Å². The van der Waals surface area contributed by atoms with Crippen molar-refractivity contribution in [1.29, 1.82) is 0 Å². The fourth-order valence-corrected chi connectivity index (χ4v) is 3.94. The third-order valence-corrected chi connectivity index (χ3v) is 5.42. The van der Waals surface area contributed by atoms with Gasteiger partial charge < -0.3 is 4.57 Å². The highest BCUT2D eigenvalue weighted by molar-refractivity contribution is 7.80. The van der Waals surface area contributed by atoms with E-state index in [0.717, 1.165) is 28.2 Å². The van der Waals surface area contributed by atoms with Gasteiger partial charge >= 0.3 is 0 Å². The highest BCUT2D eigenvalue weighted by Gasteiger charge is 2.35. The molecule has 6 nitrogen and oxygen atoms in total. The largest absolute Gasteiger partial charge is 0.316 e. The molecule has 2 aromatic heterocycles. The maximum absolute atomic E-state index is 13.3. The summed E-state index contributed by atoms with van der Waals surface area (Å²) in [7, 11) is 0. The Morgan fingerprint density at radius 1 is 1.07 bits per heavy atom. The Hall–Kier alpha value is -3.58. The molecule has 0 spiro atoms. The van der Waals surface area contributed by atoms with Crippen LogP contribution in [0.25, 0.3) is 11.8 Å². The lowest BCUT2D eigenvalue weighted by Crippen LogP contribution is -2.54. The minimum absolute atomic E-state index is 0.0401. The van der Waals surface area contributed by atoms with Crippen LogP contribution >= 0.6 is 12.2 Å². The monoisotopic (exact) mass is 416 g/mol. The van der Waals surface area contributed by atoms with Gasteiger partial charge in [-0.25, -0.2) is 0 Å². The van der Waals surface area contributed by atoms with E-state index in [-0.39, 0.29) is 10.7 Å². The molecule has 0 atom stereocenters. The number of nitrogens with zero attached hydrogens (tertiary/aromatic N) is 3. The third-order valence-electron chi connectivity index (χ3n) is 5.13. The van der Waals surface area contributed by atoms with Crippen LogP contribution in [-0.4, -0.2) is 26.5 Å². The number of rotatable bonds is 3. The Kier molecular flexibility index (Phi) is 5.05. The first-order valence-corrected chi connectivity index (χ1v) is 9.85. The number of aromatic nitrogens is 2. The van der Waals surface area contributed by atoms with Crippen molar-refractivity contribution in [2.75, 3.05) is 4.90 Å². The maximum atomic E-state index is 13.3. The molecule has 3 aromatic rings. The van der Waals surface area contributed by atoms with E-state index in [0.29, 0.717) is 5.69 Å².